The zero-order valence-corrected chi connectivity index (χ0v) is 15.6. The Labute approximate surface area is 164 Å². The molecule has 1 amide bonds. The number of nitrogens with one attached hydrogen (secondary N) is 2. The molecule has 3 aromatic rings. The number of ketones is 1. The second-order valence-electron chi connectivity index (χ2n) is 6.11. The normalized spacial score (nSPS) is 10.6. The second kappa shape index (κ2) is 7.93. The SMILES string of the molecule is CCOC(=O)c1c([N+](=O)[O-])ccc2[nH]c(C(=O)c3ccccc3)c(NC(C)=O)c12. The Morgan fingerprint density at radius 1 is 1.14 bits per heavy atom. The van der Waals surface area contributed by atoms with Crippen molar-refractivity contribution < 1.29 is 24.0 Å². The molecule has 0 bridgehead atoms. The first kappa shape index (κ1) is 19.7. The number of benzene rings is 2. The maximum atomic E-state index is 13.0. The van der Waals surface area contributed by atoms with E-state index in [0.29, 0.717) is 5.56 Å². The molecule has 9 heteroatoms. The van der Waals surface area contributed by atoms with Gasteiger partial charge in [-0.1, -0.05) is 30.3 Å². The minimum absolute atomic E-state index is 0.00205. The lowest BCUT2D eigenvalue weighted by Gasteiger charge is -2.08. The first-order chi connectivity index (χ1) is 13.8. The van der Waals surface area contributed by atoms with Crippen LogP contribution < -0.4 is 5.32 Å². The number of aromatic nitrogens is 1. The summed E-state index contributed by atoms with van der Waals surface area (Å²) in [5.41, 5.74) is -0.193. The number of fused-ring (bicyclic) bond motifs is 1. The van der Waals surface area contributed by atoms with Gasteiger partial charge >= 0.3 is 5.97 Å². The van der Waals surface area contributed by atoms with Gasteiger partial charge in [-0.05, 0) is 13.0 Å². The Bertz CT molecular complexity index is 1130. The molecular weight excluding hydrogens is 378 g/mol. The van der Waals surface area contributed by atoms with Crippen molar-refractivity contribution >= 4 is 39.9 Å². The molecular formula is C20H17N3O6. The summed E-state index contributed by atoms with van der Waals surface area (Å²) in [5.74, 6) is -1.87. The van der Waals surface area contributed by atoms with Crippen LogP contribution in [0.15, 0.2) is 42.5 Å². The van der Waals surface area contributed by atoms with Crippen LogP contribution >= 0.6 is 0 Å². The number of esters is 1. The zero-order valence-electron chi connectivity index (χ0n) is 15.6. The highest BCUT2D eigenvalue weighted by Gasteiger charge is 2.30. The molecule has 0 aliphatic rings. The van der Waals surface area contributed by atoms with Gasteiger partial charge in [0.25, 0.3) is 5.69 Å². The van der Waals surface area contributed by atoms with Crippen LogP contribution in [0.5, 0.6) is 0 Å². The van der Waals surface area contributed by atoms with Gasteiger partial charge in [0.1, 0.15) is 11.3 Å². The van der Waals surface area contributed by atoms with E-state index in [4.69, 9.17) is 4.74 Å². The molecule has 2 aromatic carbocycles. The number of nitro benzene ring substituents is 1. The maximum Gasteiger partial charge on any atom is 0.345 e. The van der Waals surface area contributed by atoms with Crippen LogP contribution in [0.4, 0.5) is 11.4 Å². The second-order valence-corrected chi connectivity index (χ2v) is 6.11. The van der Waals surface area contributed by atoms with Crippen LogP contribution in [0, 0.1) is 10.1 Å². The van der Waals surface area contributed by atoms with Crippen molar-refractivity contribution in [3.8, 4) is 0 Å². The predicted octanol–water partition coefficient (Wildman–Crippen LogP) is 3.44. The molecule has 3 rings (SSSR count). The molecule has 1 aromatic heterocycles. The van der Waals surface area contributed by atoms with E-state index < -0.39 is 28.3 Å². The summed E-state index contributed by atoms with van der Waals surface area (Å²) in [5, 5.41) is 14.1. The Morgan fingerprint density at radius 2 is 1.83 bits per heavy atom. The number of anilines is 1. The molecule has 0 saturated carbocycles. The van der Waals surface area contributed by atoms with Gasteiger partial charge in [0.15, 0.2) is 0 Å². The van der Waals surface area contributed by atoms with Crippen molar-refractivity contribution in [1.82, 2.24) is 4.98 Å². The number of aromatic amines is 1. The molecule has 0 saturated heterocycles. The fourth-order valence-electron chi connectivity index (χ4n) is 3.04. The molecule has 0 aliphatic carbocycles. The molecule has 0 aliphatic heterocycles. The van der Waals surface area contributed by atoms with Gasteiger partial charge in [0, 0.05) is 29.5 Å². The van der Waals surface area contributed by atoms with E-state index in [1.165, 1.54) is 13.0 Å². The molecule has 0 atom stereocenters. The minimum atomic E-state index is -0.922. The predicted molar refractivity (Wildman–Crippen MR) is 105 cm³/mol. The molecule has 0 unspecified atom stereocenters. The van der Waals surface area contributed by atoms with Crippen LogP contribution in [0.2, 0.25) is 0 Å². The van der Waals surface area contributed by atoms with Crippen LogP contribution in [0.3, 0.4) is 0 Å². The Morgan fingerprint density at radius 3 is 2.41 bits per heavy atom. The topological polar surface area (TPSA) is 131 Å². The summed E-state index contributed by atoms with van der Waals surface area (Å²) in [4.78, 5) is 51.0. The van der Waals surface area contributed by atoms with Crippen molar-refractivity contribution in [2.24, 2.45) is 0 Å². The van der Waals surface area contributed by atoms with E-state index in [1.807, 2.05) is 0 Å². The van der Waals surface area contributed by atoms with E-state index in [2.05, 4.69) is 10.3 Å². The van der Waals surface area contributed by atoms with E-state index in [1.54, 1.807) is 37.3 Å². The molecule has 2 N–H and O–H groups in total. The van der Waals surface area contributed by atoms with Crippen molar-refractivity contribution in [2.45, 2.75) is 13.8 Å². The highest BCUT2D eigenvalue weighted by molar-refractivity contribution is 6.22. The lowest BCUT2D eigenvalue weighted by molar-refractivity contribution is -0.385. The molecule has 0 radical (unpaired) electrons. The molecule has 0 fully saturated rings. The number of carbonyl (C=O) groups is 3. The third kappa shape index (κ3) is 3.70. The standard InChI is InChI=1S/C20H17N3O6/c1-3-29-20(26)16-14(23(27)28)10-9-13-15(16)17(21-11(2)24)18(22-13)19(25)12-7-5-4-6-8-12/h4-10,22H,3H2,1-2H3,(H,21,24). The first-order valence-corrected chi connectivity index (χ1v) is 8.72. The summed E-state index contributed by atoms with van der Waals surface area (Å²) in [6, 6.07) is 10.8. The highest BCUT2D eigenvalue weighted by atomic mass is 16.6. The summed E-state index contributed by atoms with van der Waals surface area (Å²) in [7, 11) is 0. The van der Waals surface area contributed by atoms with Crippen LogP contribution in [0.1, 0.15) is 40.3 Å². The van der Waals surface area contributed by atoms with E-state index in [-0.39, 0.29) is 34.5 Å². The van der Waals surface area contributed by atoms with Crippen molar-refractivity contribution in [1.29, 1.82) is 0 Å². The monoisotopic (exact) mass is 395 g/mol. The molecule has 9 nitrogen and oxygen atoms in total. The molecule has 1 heterocycles. The average Bonchev–Trinajstić information content (AvgIpc) is 3.05. The Balaban J connectivity index is 2.36. The largest absolute Gasteiger partial charge is 0.462 e. The van der Waals surface area contributed by atoms with Crippen molar-refractivity contribution in [2.75, 3.05) is 11.9 Å². The number of nitro groups is 1. The number of nitrogens with zero attached hydrogens (tertiary/aromatic N) is 1. The number of amides is 1. The van der Waals surface area contributed by atoms with Crippen LogP contribution in [-0.2, 0) is 9.53 Å². The number of hydrogen-bond donors (Lipinski definition) is 2. The fourth-order valence-corrected chi connectivity index (χ4v) is 3.04. The number of rotatable bonds is 6. The van der Waals surface area contributed by atoms with Gasteiger partial charge in [-0.25, -0.2) is 4.79 Å². The van der Waals surface area contributed by atoms with Crippen LogP contribution in [-0.4, -0.2) is 34.2 Å². The summed E-state index contributed by atoms with van der Waals surface area (Å²) in [6.07, 6.45) is 0. The Kier molecular flexibility index (Phi) is 5.40. The van der Waals surface area contributed by atoms with Gasteiger partial charge < -0.3 is 15.0 Å². The maximum absolute atomic E-state index is 13.0. The summed E-state index contributed by atoms with van der Waals surface area (Å²) in [6.45, 7) is 2.80. The van der Waals surface area contributed by atoms with Gasteiger partial charge in [-0.3, -0.25) is 19.7 Å². The van der Waals surface area contributed by atoms with Gasteiger partial charge in [-0.15, -0.1) is 0 Å². The van der Waals surface area contributed by atoms with Gasteiger partial charge in [-0.2, -0.15) is 0 Å². The van der Waals surface area contributed by atoms with E-state index in [0.717, 1.165) is 6.07 Å². The average molecular weight is 395 g/mol. The fraction of sp³-hybridized carbons (Fsp3) is 0.150. The molecule has 0 spiro atoms. The van der Waals surface area contributed by atoms with Crippen molar-refractivity contribution in [3.63, 3.8) is 0 Å². The molecule has 148 valence electrons. The number of carbonyl (C=O) groups excluding carboxylic acids is 3. The Hall–Kier alpha value is -4.01. The lowest BCUT2D eigenvalue weighted by atomic mass is 10.0. The highest BCUT2D eigenvalue weighted by Crippen LogP contribution is 2.37. The summed E-state index contributed by atoms with van der Waals surface area (Å²) >= 11 is 0. The number of ether oxygens (including phenoxy) is 1. The summed E-state index contributed by atoms with van der Waals surface area (Å²) < 4.78 is 4.99. The van der Waals surface area contributed by atoms with Crippen molar-refractivity contribution in [3.05, 3.63) is 69.4 Å². The quantitative estimate of drug-likeness (QED) is 0.284. The smallest absolute Gasteiger partial charge is 0.345 e. The number of hydrogen-bond acceptors (Lipinski definition) is 6. The number of H-pyrrole nitrogens is 1. The van der Waals surface area contributed by atoms with E-state index in [9.17, 15) is 24.5 Å². The minimum Gasteiger partial charge on any atom is -0.462 e. The lowest BCUT2D eigenvalue weighted by Crippen LogP contribution is -2.13. The van der Waals surface area contributed by atoms with E-state index >= 15 is 0 Å². The third-order valence-corrected chi connectivity index (χ3v) is 4.18. The third-order valence-electron chi connectivity index (χ3n) is 4.18. The zero-order chi connectivity index (χ0) is 21.1. The van der Waals surface area contributed by atoms with Gasteiger partial charge in [0.2, 0.25) is 11.7 Å². The van der Waals surface area contributed by atoms with Gasteiger partial charge in [0.05, 0.1) is 17.2 Å². The van der Waals surface area contributed by atoms with Crippen LogP contribution in [0.25, 0.3) is 10.9 Å². The molecule has 29 heavy (non-hydrogen) atoms. The first-order valence-electron chi connectivity index (χ1n) is 8.72.